The standard InChI is InChI=1S/C17H20ClN3O2/c1-21(2)16-11-13(10-15(18)20-16)17(22)19-9-8-12-4-6-14(23-3)7-5-12/h4-7,10-11H,8-9H2,1-3H3,(H,19,22). The zero-order valence-corrected chi connectivity index (χ0v) is 14.2. The molecule has 0 radical (unpaired) electrons. The minimum Gasteiger partial charge on any atom is -0.497 e. The second-order valence-corrected chi connectivity index (χ2v) is 5.67. The van der Waals surface area contributed by atoms with E-state index in [9.17, 15) is 4.79 Å². The minimum absolute atomic E-state index is 0.161. The Morgan fingerprint density at radius 1 is 1.26 bits per heavy atom. The lowest BCUT2D eigenvalue weighted by atomic mass is 10.1. The molecule has 1 amide bonds. The maximum Gasteiger partial charge on any atom is 0.251 e. The normalized spacial score (nSPS) is 10.3. The molecule has 122 valence electrons. The number of benzene rings is 1. The molecule has 0 aliphatic rings. The van der Waals surface area contributed by atoms with Crippen LogP contribution in [0.3, 0.4) is 0 Å². The highest BCUT2D eigenvalue weighted by atomic mass is 35.5. The highest BCUT2D eigenvalue weighted by Gasteiger charge is 2.10. The summed E-state index contributed by atoms with van der Waals surface area (Å²) in [6, 6.07) is 11.1. The molecule has 2 rings (SSSR count). The van der Waals surface area contributed by atoms with E-state index in [4.69, 9.17) is 16.3 Å². The topological polar surface area (TPSA) is 54.5 Å². The Hall–Kier alpha value is -2.27. The molecule has 0 aliphatic carbocycles. The summed E-state index contributed by atoms with van der Waals surface area (Å²) in [6.45, 7) is 0.544. The maximum atomic E-state index is 12.2. The molecule has 1 aromatic carbocycles. The molecule has 0 fully saturated rings. The van der Waals surface area contributed by atoms with Crippen molar-refractivity contribution in [3.05, 3.63) is 52.7 Å². The van der Waals surface area contributed by atoms with Gasteiger partial charge in [-0.3, -0.25) is 4.79 Å². The molecule has 1 heterocycles. The second kappa shape index (κ2) is 7.83. The van der Waals surface area contributed by atoms with Gasteiger partial charge in [0, 0.05) is 26.2 Å². The smallest absolute Gasteiger partial charge is 0.251 e. The summed E-state index contributed by atoms with van der Waals surface area (Å²) in [5.41, 5.74) is 1.64. The van der Waals surface area contributed by atoms with Crippen LogP contribution < -0.4 is 15.0 Å². The van der Waals surface area contributed by atoms with Gasteiger partial charge in [-0.2, -0.15) is 0 Å². The molecule has 1 N–H and O–H groups in total. The fourth-order valence-electron chi connectivity index (χ4n) is 2.06. The number of methoxy groups -OCH3 is 1. The molecule has 0 saturated carbocycles. The number of carbonyl (C=O) groups excluding carboxylic acids is 1. The van der Waals surface area contributed by atoms with Gasteiger partial charge in [0.15, 0.2) is 0 Å². The van der Waals surface area contributed by atoms with Crippen LogP contribution >= 0.6 is 11.6 Å². The third-order valence-electron chi connectivity index (χ3n) is 3.36. The van der Waals surface area contributed by atoms with Crippen LogP contribution in [0.4, 0.5) is 5.82 Å². The van der Waals surface area contributed by atoms with Crippen LogP contribution in [0, 0.1) is 0 Å². The fourth-order valence-corrected chi connectivity index (χ4v) is 2.26. The number of halogens is 1. The van der Waals surface area contributed by atoms with Crippen molar-refractivity contribution in [2.75, 3.05) is 32.6 Å². The lowest BCUT2D eigenvalue weighted by molar-refractivity contribution is 0.0954. The third-order valence-corrected chi connectivity index (χ3v) is 3.55. The average molecular weight is 334 g/mol. The van der Waals surface area contributed by atoms with Gasteiger partial charge in [-0.15, -0.1) is 0 Å². The van der Waals surface area contributed by atoms with Crippen molar-refractivity contribution >= 4 is 23.3 Å². The molecule has 0 unspecified atom stereocenters. The summed E-state index contributed by atoms with van der Waals surface area (Å²) in [5.74, 6) is 1.31. The molecule has 0 saturated heterocycles. The fraction of sp³-hybridized carbons (Fsp3) is 0.294. The number of nitrogens with zero attached hydrogens (tertiary/aromatic N) is 2. The number of hydrogen-bond donors (Lipinski definition) is 1. The van der Waals surface area contributed by atoms with E-state index in [0.717, 1.165) is 17.7 Å². The minimum atomic E-state index is -0.161. The molecule has 0 spiro atoms. The SMILES string of the molecule is COc1ccc(CCNC(=O)c2cc(Cl)nc(N(C)C)c2)cc1. The quantitative estimate of drug-likeness (QED) is 0.826. The first-order valence-corrected chi connectivity index (χ1v) is 7.63. The maximum absolute atomic E-state index is 12.2. The molecule has 6 heteroatoms. The van der Waals surface area contributed by atoms with Crippen molar-refractivity contribution in [2.45, 2.75) is 6.42 Å². The Morgan fingerprint density at radius 3 is 2.57 bits per heavy atom. The summed E-state index contributed by atoms with van der Waals surface area (Å²) in [6.07, 6.45) is 0.745. The van der Waals surface area contributed by atoms with Crippen LogP contribution in [0.5, 0.6) is 5.75 Å². The number of pyridine rings is 1. The molecule has 0 aliphatic heterocycles. The number of carbonyl (C=O) groups is 1. The Kier molecular flexibility index (Phi) is 5.82. The zero-order valence-electron chi connectivity index (χ0n) is 13.5. The Labute approximate surface area is 141 Å². The first-order valence-electron chi connectivity index (χ1n) is 7.25. The van der Waals surface area contributed by atoms with E-state index in [1.165, 1.54) is 0 Å². The highest BCUT2D eigenvalue weighted by Crippen LogP contribution is 2.16. The van der Waals surface area contributed by atoms with E-state index >= 15 is 0 Å². The lowest BCUT2D eigenvalue weighted by Crippen LogP contribution is -2.26. The third kappa shape index (κ3) is 4.86. The van der Waals surface area contributed by atoms with E-state index in [1.807, 2.05) is 38.4 Å². The molecule has 0 atom stereocenters. The monoisotopic (exact) mass is 333 g/mol. The molecular formula is C17H20ClN3O2. The molecule has 0 bridgehead atoms. The van der Waals surface area contributed by atoms with Gasteiger partial charge in [-0.05, 0) is 36.2 Å². The van der Waals surface area contributed by atoms with Crippen LogP contribution in [-0.2, 0) is 6.42 Å². The number of aromatic nitrogens is 1. The molecule has 5 nitrogen and oxygen atoms in total. The van der Waals surface area contributed by atoms with Crippen molar-refractivity contribution in [3.63, 3.8) is 0 Å². The number of anilines is 1. The van der Waals surface area contributed by atoms with Crippen LogP contribution in [0.1, 0.15) is 15.9 Å². The molecule has 2 aromatic rings. The highest BCUT2D eigenvalue weighted by molar-refractivity contribution is 6.29. The van der Waals surface area contributed by atoms with Gasteiger partial charge < -0.3 is 15.0 Å². The number of nitrogens with one attached hydrogen (secondary N) is 1. The van der Waals surface area contributed by atoms with Crippen molar-refractivity contribution < 1.29 is 9.53 Å². The first-order chi connectivity index (χ1) is 11.0. The van der Waals surface area contributed by atoms with Gasteiger partial charge in [0.2, 0.25) is 0 Å². The number of amides is 1. The Morgan fingerprint density at radius 2 is 1.96 bits per heavy atom. The number of rotatable bonds is 6. The summed E-state index contributed by atoms with van der Waals surface area (Å²) < 4.78 is 5.12. The lowest BCUT2D eigenvalue weighted by Gasteiger charge is -2.13. The van der Waals surface area contributed by atoms with E-state index < -0.39 is 0 Å². The first kappa shape index (κ1) is 17.1. The Bertz CT molecular complexity index is 672. The number of ether oxygens (including phenoxy) is 1. The van der Waals surface area contributed by atoms with Crippen LogP contribution in [0.25, 0.3) is 0 Å². The van der Waals surface area contributed by atoms with Crippen LogP contribution in [-0.4, -0.2) is 38.6 Å². The second-order valence-electron chi connectivity index (χ2n) is 5.29. The molecular weight excluding hydrogens is 314 g/mol. The van der Waals surface area contributed by atoms with Crippen molar-refractivity contribution in [2.24, 2.45) is 0 Å². The van der Waals surface area contributed by atoms with E-state index in [-0.39, 0.29) is 5.91 Å². The van der Waals surface area contributed by atoms with E-state index in [1.54, 1.807) is 24.1 Å². The van der Waals surface area contributed by atoms with Crippen LogP contribution in [0.15, 0.2) is 36.4 Å². The van der Waals surface area contributed by atoms with Gasteiger partial charge >= 0.3 is 0 Å². The molecule has 1 aromatic heterocycles. The van der Waals surface area contributed by atoms with Crippen molar-refractivity contribution in [1.29, 1.82) is 0 Å². The van der Waals surface area contributed by atoms with Crippen LogP contribution in [0.2, 0.25) is 5.15 Å². The molecule has 23 heavy (non-hydrogen) atoms. The average Bonchev–Trinajstić information content (AvgIpc) is 2.54. The van der Waals surface area contributed by atoms with Gasteiger partial charge in [-0.25, -0.2) is 4.98 Å². The van der Waals surface area contributed by atoms with Crippen molar-refractivity contribution in [3.8, 4) is 5.75 Å². The number of hydrogen-bond acceptors (Lipinski definition) is 4. The predicted octanol–water partition coefficient (Wildman–Crippen LogP) is 2.78. The Balaban J connectivity index is 1.94. The van der Waals surface area contributed by atoms with Gasteiger partial charge in [0.25, 0.3) is 5.91 Å². The summed E-state index contributed by atoms with van der Waals surface area (Å²) in [5, 5.41) is 3.20. The van der Waals surface area contributed by atoms with Gasteiger partial charge in [0.1, 0.15) is 16.7 Å². The summed E-state index contributed by atoms with van der Waals surface area (Å²) >= 11 is 5.97. The van der Waals surface area contributed by atoms with Gasteiger partial charge in [-0.1, -0.05) is 23.7 Å². The summed E-state index contributed by atoms with van der Waals surface area (Å²) in [4.78, 5) is 18.2. The predicted molar refractivity (Wildman–Crippen MR) is 92.6 cm³/mol. The largest absolute Gasteiger partial charge is 0.497 e. The zero-order chi connectivity index (χ0) is 16.8. The summed E-state index contributed by atoms with van der Waals surface area (Å²) in [7, 11) is 5.34. The van der Waals surface area contributed by atoms with E-state index in [2.05, 4.69) is 10.3 Å². The van der Waals surface area contributed by atoms with E-state index in [0.29, 0.717) is 23.1 Å². The van der Waals surface area contributed by atoms with Crippen molar-refractivity contribution in [1.82, 2.24) is 10.3 Å². The van der Waals surface area contributed by atoms with Gasteiger partial charge in [0.05, 0.1) is 7.11 Å².